The molecule has 0 spiro atoms. The van der Waals surface area contributed by atoms with Gasteiger partial charge in [-0.3, -0.25) is 0 Å². The molecule has 3 nitrogen and oxygen atoms in total. The van der Waals surface area contributed by atoms with Crippen molar-refractivity contribution in [2.45, 2.75) is 0 Å². The second-order valence-electron chi connectivity index (χ2n) is 5.61. The monoisotopic (exact) mass is 402 g/mol. The van der Waals surface area contributed by atoms with Gasteiger partial charge in [0.1, 0.15) is 0 Å². The molecule has 0 radical (unpaired) electrons. The Labute approximate surface area is 150 Å². The number of halogens is 5. The van der Waals surface area contributed by atoms with Gasteiger partial charge in [-0.15, -0.1) is 0 Å². The Morgan fingerprint density at radius 1 is 0.556 bits per heavy atom. The van der Waals surface area contributed by atoms with Crippen molar-refractivity contribution in [3.05, 3.63) is 89.7 Å². The van der Waals surface area contributed by atoms with Gasteiger partial charge >= 0.3 is 150 Å². The molecule has 0 bridgehead atoms. The summed E-state index contributed by atoms with van der Waals surface area (Å²) in [6.07, 6.45) is 0. The number of benzene rings is 3. The standard InChI is InChI=1S/C18H12F5O3P/c19-13-14(20)16(22)18(17(23)15(13)21)26-27(24,25,11-7-3-1-4-8-11)12-9-5-2-6-10-12/h1-10,24-25H. The van der Waals surface area contributed by atoms with Gasteiger partial charge < -0.3 is 0 Å². The SMILES string of the molecule is OP(O)(Oc1c(F)c(F)c(F)c(F)c1F)(c1ccccc1)c1ccccc1. The van der Waals surface area contributed by atoms with Crippen molar-refractivity contribution in [1.82, 2.24) is 0 Å². The molecule has 3 rings (SSSR count). The van der Waals surface area contributed by atoms with Gasteiger partial charge in [0.15, 0.2) is 0 Å². The van der Waals surface area contributed by atoms with Crippen LogP contribution in [0.25, 0.3) is 0 Å². The molecule has 9 heteroatoms. The second-order valence-corrected chi connectivity index (χ2v) is 8.72. The maximum absolute atomic E-state index is 14.1. The average molecular weight is 402 g/mol. The Hall–Kier alpha value is -2.54. The van der Waals surface area contributed by atoms with Gasteiger partial charge in [0, 0.05) is 0 Å². The Balaban J connectivity index is 2.31. The van der Waals surface area contributed by atoms with Crippen LogP contribution >= 0.6 is 7.28 Å². The molecule has 2 N–H and O–H groups in total. The van der Waals surface area contributed by atoms with Crippen LogP contribution in [0.15, 0.2) is 60.7 Å². The molecule has 0 unspecified atom stereocenters. The van der Waals surface area contributed by atoms with E-state index in [0.29, 0.717) is 0 Å². The van der Waals surface area contributed by atoms with Crippen LogP contribution in [0.5, 0.6) is 5.75 Å². The average Bonchev–Trinajstić information content (AvgIpc) is 2.70. The van der Waals surface area contributed by atoms with E-state index >= 15 is 0 Å². The molecule has 0 aliphatic carbocycles. The summed E-state index contributed by atoms with van der Waals surface area (Å²) in [5.41, 5.74) is 0. The first kappa shape index (κ1) is 19.2. The van der Waals surface area contributed by atoms with Gasteiger partial charge in [-0.2, -0.15) is 0 Å². The van der Waals surface area contributed by atoms with E-state index in [9.17, 15) is 31.7 Å². The molecule has 0 saturated carbocycles. The maximum atomic E-state index is 14.1. The van der Waals surface area contributed by atoms with Gasteiger partial charge in [0.25, 0.3) is 0 Å². The molecule has 142 valence electrons. The molecular weight excluding hydrogens is 390 g/mol. The molecule has 0 atom stereocenters. The fourth-order valence-corrected chi connectivity index (χ4v) is 4.92. The first-order valence-corrected chi connectivity index (χ1v) is 9.56. The van der Waals surface area contributed by atoms with Crippen LogP contribution in [0.3, 0.4) is 0 Å². The molecule has 3 aromatic rings. The fraction of sp³-hybridized carbons (Fsp3) is 0. The Bertz CT molecular complexity index is 924. The molecule has 0 saturated heterocycles. The summed E-state index contributed by atoms with van der Waals surface area (Å²) in [4.78, 5) is 22.3. The fourth-order valence-electron chi connectivity index (χ4n) is 2.49. The number of hydrogen-bond donors (Lipinski definition) is 2. The van der Waals surface area contributed by atoms with Crippen LogP contribution < -0.4 is 15.1 Å². The third kappa shape index (κ3) is 3.06. The van der Waals surface area contributed by atoms with E-state index in [4.69, 9.17) is 4.52 Å². The van der Waals surface area contributed by atoms with E-state index in [1.165, 1.54) is 60.7 Å². The van der Waals surface area contributed by atoms with Crippen LogP contribution in [-0.2, 0) is 0 Å². The van der Waals surface area contributed by atoms with Crippen LogP contribution in [0.4, 0.5) is 22.0 Å². The van der Waals surface area contributed by atoms with Crippen LogP contribution in [0, 0.1) is 29.1 Å². The van der Waals surface area contributed by atoms with E-state index in [0.717, 1.165) is 0 Å². The Kier molecular flexibility index (Phi) is 4.67. The molecule has 3 aromatic carbocycles. The quantitative estimate of drug-likeness (QED) is 0.303. The zero-order chi connectivity index (χ0) is 19.8. The Morgan fingerprint density at radius 3 is 1.26 bits per heavy atom. The summed E-state index contributed by atoms with van der Waals surface area (Å²) in [6, 6.07) is 13.5. The molecule has 0 heterocycles. The molecular formula is C18H12F5O3P. The van der Waals surface area contributed by atoms with Gasteiger partial charge in [0.05, 0.1) is 0 Å². The van der Waals surface area contributed by atoms with Crippen LogP contribution in [0.2, 0.25) is 0 Å². The van der Waals surface area contributed by atoms with Crippen molar-refractivity contribution >= 4 is 17.9 Å². The molecule has 0 fully saturated rings. The molecule has 0 aliphatic heterocycles. The molecule has 0 amide bonds. The normalized spacial score (nSPS) is 13.1. The molecule has 0 aromatic heterocycles. The van der Waals surface area contributed by atoms with E-state index in [1.54, 1.807) is 0 Å². The molecule has 27 heavy (non-hydrogen) atoms. The molecule has 0 aliphatic rings. The van der Waals surface area contributed by atoms with Crippen LogP contribution in [0.1, 0.15) is 0 Å². The third-order valence-corrected chi connectivity index (χ3v) is 6.86. The predicted molar refractivity (Wildman–Crippen MR) is 90.4 cm³/mol. The van der Waals surface area contributed by atoms with Crippen molar-refractivity contribution in [2.75, 3.05) is 0 Å². The van der Waals surface area contributed by atoms with Gasteiger partial charge in [-0.25, -0.2) is 0 Å². The van der Waals surface area contributed by atoms with Gasteiger partial charge in [-0.05, 0) is 0 Å². The zero-order valence-corrected chi connectivity index (χ0v) is 14.3. The minimum absolute atomic E-state index is 0.293. The van der Waals surface area contributed by atoms with Gasteiger partial charge in [0.2, 0.25) is 0 Å². The summed E-state index contributed by atoms with van der Waals surface area (Å²) in [5.74, 6) is -13.3. The Morgan fingerprint density at radius 2 is 0.889 bits per heavy atom. The first-order chi connectivity index (χ1) is 12.7. The predicted octanol–water partition coefficient (Wildman–Crippen LogP) is 3.69. The van der Waals surface area contributed by atoms with Crippen molar-refractivity contribution in [2.24, 2.45) is 0 Å². The van der Waals surface area contributed by atoms with Gasteiger partial charge in [-0.1, -0.05) is 0 Å². The minimum atomic E-state index is -5.81. The van der Waals surface area contributed by atoms with Crippen molar-refractivity contribution < 1.29 is 36.3 Å². The number of hydrogen-bond acceptors (Lipinski definition) is 3. The van der Waals surface area contributed by atoms with Crippen molar-refractivity contribution in [3.63, 3.8) is 0 Å². The van der Waals surface area contributed by atoms with E-state index in [1.807, 2.05) is 0 Å². The topological polar surface area (TPSA) is 49.7 Å². The van der Waals surface area contributed by atoms with Crippen molar-refractivity contribution in [3.8, 4) is 5.75 Å². The zero-order valence-electron chi connectivity index (χ0n) is 13.4. The summed E-state index contributed by atoms with van der Waals surface area (Å²) in [7, 11) is -5.81. The summed E-state index contributed by atoms with van der Waals surface area (Å²) in [5, 5.41) is -0.586. The number of rotatable bonds is 4. The third-order valence-electron chi connectivity index (χ3n) is 3.88. The van der Waals surface area contributed by atoms with E-state index in [-0.39, 0.29) is 10.6 Å². The van der Waals surface area contributed by atoms with E-state index in [2.05, 4.69) is 0 Å². The van der Waals surface area contributed by atoms with Crippen LogP contribution in [-0.4, -0.2) is 9.79 Å². The second kappa shape index (κ2) is 6.56. The first-order valence-electron chi connectivity index (χ1n) is 7.50. The summed E-state index contributed by atoms with van der Waals surface area (Å²) < 4.78 is 73.4. The van der Waals surface area contributed by atoms with E-state index < -0.39 is 42.1 Å². The summed E-state index contributed by atoms with van der Waals surface area (Å²) in [6.45, 7) is 0. The van der Waals surface area contributed by atoms with Crippen molar-refractivity contribution in [1.29, 1.82) is 0 Å². The summed E-state index contributed by atoms with van der Waals surface area (Å²) >= 11 is 0.